The minimum Gasteiger partial charge on any atom is -0.497 e. The largest absolute Gasteiger partial charge is 0.497 e. The quantitative estimate of drug-likeness (QED) is 0.188. The van der Waals surface area contributed by atoms with E-state index in [0.717, 1.165) is 52.1 Å². The van der Waals surface area contributed by atoms with Crippen LogP contribution in [0.2, 0.25) is 0 Å². The van der Waals surface area contributed by atoms with E-state index >= 15 is 0 Å². The molecule has 0 N–H and O–H groups in total. The van der Waals surface area contributed by atoms with Crippen LogP contribution in [0.25, 0.3) is 0 Å². The zero-order valence-corrected chi connectivity index (χ0v) is 23.6. The van der Waals surface area contributed by atoms with Crippen molar-refractivity contribution in [1.29, 1.82) is 0 Å². The van der Waals surface area contributed by atoms with Crippen LogP contribution in [0.15, 0.2) is 30.3 Å². The molecule has 0 spiro atoms. The number of ketones is 1. The normalized spacial score (nSPS) is 14.0. The van der Waals surface area contributed by atoms with Gasteiger partial charge in [0.25, 0.3) is 0 Å². The highest BCUT2D eigenvalue weighted by atomic mass is 16.5. The summed E-state index contributed by atoms with van der Waals surface area (Å²) in [6, 6.07) is 8.46. The molecule has 214 valence electrons. The highest BCUT2D eigenvalue weighted by Gasteiger charge is 2.20. The number of ether oxygens (including phenoxy) is 6. The summed E-state index contributed by atoms with van der Waals surface area (Å²) in [6.07, 6.45) is 2.01. The summed E-state index contributed by atoms with van der Waals surface area (Å²) in [5, 5.41) is 0. The van der Waals surface area contributed by atoms with Gasteiger partial charge >= 0.3 is 5.97 Å². The van der Waals surface area contributed by atoms with Gasteiger partial charge in [0, 0.05) is 45.2 Å². The second-order valence-electron chi connectivity index (χ2n) is 9.18. The minimum absolute atomic E-state index is 0.0780. The third kappa shape index (κ3) is 8.24. The number of nitrogens with zero attached hydrogens (tertiary/aromatic N) is 2. The molecule has 10 heteroatoms. The van der Waals surface area contributed by atoms with Crippen molar-refractivity contribution in [2.45, 2.75) is 19.3 Å². The Morgan fingerprint density at radius 2 is 1.31 bits per heavy atom. The van der Waals surface area contributed by atoms with Gasteiger partial charge in [0.2, 0.25) is 5.75 Å². The average molecular weight is 545 g/mol. The number of Topliss-reactive ketones (excluding diaryl/α,β-unsaturated/α-hetero) is 1. The molecule has 0 atom stereocenters. The van der Waals surface area contributed by atoms with E-state index in [2.05, 4.69) is 9.80 Å². The summed E-state index contributed by atoms with van der Waals surface area (Å²) in [5.74, 6) is 2.10. The van der Waals surface area contributed by atoms with Crippen molar-refractivity contribution in [2.75, 3.05) is 81.4 Å². The van der Waals surface area contributed by atoms with Gasteiger partial charge in [-0.3, -0.25) is 4.79 Å². The number of hydrogen-bond acceptors (Lipinski definition) is 10. The Bertz CT molecular complexity index is 1070. The number of carbonyl (C=O) groups excluding carboxylic acids is 2. The van der Waals surface area contributed by atoms with E-state index in [0.29, 0.717) is 52.9 Å². The summed E-state index contributed by atoms with van der Waals surface area (Å²) < 4.78 is 32.0. The van der Waals surface area contributed by atoms with E-state index in [-0.39, 0.29) is 5.78 Å². The second-order valence-corrected chi connectivity index (χ2v) is 9.18. The van der Waals surface area contributed by atoms with Crippen LogP contribution in [0.1, 0.15) is 40.0 Å². The molecule has 0 amide bonds. The number of carbonyl (C=O) groups is 2. The van der Waals surface area contributed by atoms with Gasteiger partial charge in [-0.15, -0.1) is 0 Å². The Morgan fingerprint density at radius 3 is 1.85 bits per heavy atom. The van der Waals surface area contributed by atoms with Gasteiger partial charge < -0.3 is 38.2 Å². The van der Waals surface area contributed by atoms with Gasteiger partial charge in [0.15, 0.2) is 17.3 Å². The Hall–Kier alpha value is -3.50. The molecule has 0 unspecified atom stereocenters. The van der Waals surface area contributed by atoms with E-state index < -0.39 is 5.97 Å². The van der Waals surface area contributed by atoms with Crippen LogP contribution < -0.4 is 23.7 Å². The van der Waals surface area contributed by atoms with Crippen molar-refractivity contribution in [1.82, 2.24) is 9.80 Å². The first-order valence-corrected chi connectivity index (χ1v) is 13.1. The molecule has 39 heavy (non-hydrogen) atoms. The zero-order valence-electron chi connectivity index (χ0n) is 23.6. The SMILES string of the molecule is COc1ccc(C(=O)CCCN2CCN(CCCOC(=O)c3cc(OC)c(OC)c(OC)c3)CC2)c(OC)c1. The number of esters is 1. The zero-order chi connectivity index (χ0) is 28.2. The lowest BCUT2D eigenvalue weighted by molar-refractivity contribution is 0.0475. The molecule has 0 saturated carbocycles. The molecule has 0 radical (unpaired) electrons. The number of benzene rings is 2. The molecule has 1 heterocycles. The lowest BCUT2D eigenvalue weighted by atomic mass is 10.0. The molecule has 2 aromatic carbocycles. The molecule has 0 aliphatic carbocycles. The second kappa shape index (κ2) is 15.2. The minimum atomic E-state index is -0.430. The van der Waals surface area contributed by atoms with Crippen molar-refractivity contribution in [3.05, 3.63) is 41.5 Å². The summed E-state index contributed by atoms with van der Waals surface area (Å²) in [5.41, 5.74) is 0.941. The predicted molar refractivity (Wildman–Crippen MR) is 147 cm³/mol. The van der Waals surface area contributed by atoms with Crippen molar-refractivity contribution < 1.29 is 38.0 Å². The molecule has 1 aliphatic heterocycles. The molecule has 1 aliphatic rings. The first-order chi connectivity index (χ1) is 18.9. The van der Waals surface area contributed by atoms with E-state index in [1.54, 1.807) is 44.6 Å². The van der Waals surface area contributed by atoms with E-state index in [1.165, 1.54) is 21.3 Å². The lowest BCUT2D eigenvalue weighted by Crippen LogP contribution is -2.46. The van der Waals surface area contributed by atoms with Gasteiger partial charge in [-0.25, -0.2) is 4.79 Å². The Balaban J connectivity index is 1.34. The fraction of sp³-hybridized carbons (Fsp3) is 0.517. The summed E-state index contributed by atoms with van der Waals surface area (Å²) in [7, 11) is 7.67. The number of piperazine rings is 1. The molecular weight excluding hydrogens is 504 g/mol. The number of hydrogen-bond donors (Lipinski definition) is 0. The fourth-order valence-electron chi connectivity index (χ4n) is 4.60. The van der Waals surface area contributed by atoms with Gasteiger partial charge in [0.05, 0.1) is 53.3 Å². The maximum atomic E-state index is 12.7. The van der Waals surface area contributed by atoms with Crippen molar-refractivity contribution in [2.24, 2.45) is 0 Å². The molecule has 1 saturated heterocycles. The Labute approximate surface area is 230 Å². The third-order valence-corrected chi connectivity index (χ3v) is 6.80. The molecule has 0 bridgehead atoms. The molecule has 2 aromatic rings. The van der Waals surface area contributed by atoms with E-state index in [1.807, 2.05) is 0 Å². The topological polar surface area (TPSA) is 96.0 Å². The predicted octanol–water partition coefficient (Wildman–Crippen LogP) is 3.56. The van der Waals surface area contributed by atoms with Crippen LogP contribution in [0.3, 0.4) is 0 Å². The van der Waals surface area contributed by atoms with E-state index in [9.17, 15) is 9.59 Å². The number of methoxy groups -OCH3 is 5. The first-order valence-electron chi connectivity index (χ1n) is 13.1. The van der Waals surface area contributed by atoms with Gasteiger partial charge in [-0.1, -0.05) is 0 Å². The maximum Gasteiger partial charge on any atom is 0.338 e. The van der Waals surface area contributed by atoms with Crippen molar-refractivity contribution >= 4 is 11.8 Å². The van der Waals surface area contributed by atoms with Crippen LogP contribution in [0.4, 0.5) is 0 Å². The summed E-state index contributed by atoms with van der Waals surface area (Å²) >= 11 is 0. The summed E-state index contributed by atoms with van der Waals surface area (Å²) in [4.78, 5) is 30.0. The van der Waals surface area contributed by atoms with Gasteiger partial charge in [-0.05, 0) is 43.7 Å². The van der Waals surface area contributed by atoms with Crippen LogP contribution in [-0.4, -0.2) is 103 Å². The van der Waals surface area contributed by atoms with Crippen molar-refractivity contribution in [3.63, 3.8) is 0 Å². The maximum absolute atomic E-state index is 12.7. The monoisotopic (exact) mass is 544 g/mol. The van der Waals surface area contributed by atoms with Crippen LogP contribution >= 0.6 is 0 Å². The van der Waals surface area contributed by atoms with Crippen LogP contribution in [-0.2, 0) is 4.74 Å². The van der Waals surface area contributed by atoms with Gasteiger partial charge in [0.1, 0.15) is 11.5 Å². The summed E-state index contributed by atoms with van der Waals surface area (Å²) in [6.45, 7) is 5.85. The lowest BCUT2D eigenvalue weighted by Gasteiger charge is -2.34. The Kier molecular flexibility index (Phi) is 11.7. The standard InChI is InChI=1S/C29H40N2O8/c1-34-22-9-10-23(25(20-22)35-2)24(32)8-6-11-30-13-15-31(16-14-30)12-7-17-39-29(33)21-18-26(36-3)28(38-5)27(19-21)37-4/h9-10,18-20H,6-8,11-17H2,1-5H3. The molecule has 0 aromatic heterocycles. The third-order valence-electron chi connectivity index (χ3n) is 6.80. The smallest absolute Gasteiger partial charge is 0.338 e. The Morgan fingerprint density at radius 1 is 0.718 bits per heavy atom. The fourth-order valence-corrected chi connectivity index (χ4v) is 4.60. The van der Waals surface area contributed by atoms with E-state index in [4.69, 9.17) is 28.4 Å². The van der Waals surface area contributed by atoms with Gasteiger partial charge in [-0.2, -0.15) is 0 Å². The van der Waals surface area contributed by atoms with Crippen LogP contribution in [0, 0.1) is 0 Å². The molecule has 1 fully saturated rings. The highest BCUT2D eigenvalue weighted by Crippen LogP contribution is 2.38. The number of rotatable bonds is 15. The molecule has 10 nitrogen and oxygen atoms in total. The highest BCUT2D eigenvalue weighted by molar-refractivity contribution is 5.98. The van der Waals surface area contributed by atoms with Crippen molar-refractivity contribution in [3.8, 4) is 28.7 Å². The molecular formula is C29H40N2O8. The average Bonchev–Trinajstić information content (AvgIpc) is 2.98. The first kappa shape index (κ1) is 30.0. The molecule has 3 rings (SSSR count). The van der Waals surface area contributed by atoms with Crippen LogP contribution in [0.5, 0.6) is 28.7 Å².